The summed E-state index contributed by atoms with van der Waals surface area (Å²) in [7, 11) is -1.19. The molecule has 0 unspecified atom stereocenters. The molecule has 0 bridgehead atoms. The average molecular weight is 614 g/mol. The molecule has 2 fully saturated rings. The molecule has 42 heavy (non-hydrogen) atoms. The summed E-state index contributed by atoms with van der Waals surface area (Å²) in [5.74, 6) is -6.18. The Hall–Kier alpha value is -3.82. The predicted molar refractivity (Wildman–Crippen MR) is 141 cm³/mol. The van der Waals surface area contributed by atoms with E-state index in [1.54, 1.807) is 25.1 Å². The van der Waals surface area contributed by atoms with Gasteiger partial charge in [0.05, 0.1) is 30.4 Å². The van der Waals surface area contributed by atoms with Gasteiger partial charge in [0.1, 0.15) is 5.54 Å². The summed E-state index contributed by atoms with van der Waals surface area (Å²) in [5, 5.41) is 10.3. The third-order valence-electron chi connectivity index (χ3n) is 7.29. The maximum atomic E-state index is 13.6. The highest BCUT2D eigenvalue weighted by Crippen LogP contribution is 2.45. The first-order valence-electron chi connectivity index (χ1n) is 12.7. The molecule has 2 aliphatic rings. The standard InChI is InChI=1S/C25H29N3O6S.C2HF3O2/c1-4-25(24(31)34-3)21-20(22(29)28(23(21)30)15-17-11-7-5-8-12-17)19(26-25)16-27(2)35(32,33)18-13-9-6-10-14-18;3-2(4,5)1(6)7/h5-14,19-21,26H,4,15-16H2,1-3H3;(H,6,7)/t19-,20+,21-,25-;/m1./s1. The molecule has 0 saturated carbocycles. The summed E-state index contributed by atoms with van der Waals surface area (Å²) in [6, 6.07) is 16.3. The molecule has 0 aliphatic carbocycles. The van der Waals surface area contributed by atoms with Gasteiger partial charge >= 0.3 is 18.1 Å². The number of carboxylic acid groups (broad SMARTS) is 1. The number of amides is 2. The van der Waals surface area contributed by atoms with E-state index >= 15 is 0 Å². The first kappa shape index (κ1) is 32.7. The molecule has 228 valence electrons. The number of carbonyl (C=O) groups excluding carboxylic acids is 3. The molecule has 2 aromatic rings. The molecule has 0 aromatic heterocycles. The van der Waals surface area contributed by atoms with Gasteiger partial charge in [-0.15, -0.1) is 0 Å². The quantitative estimate of drug-likeness (QED) is 0.337. The fraction of sp³-hybridized carbons (Fsp3) is 0.407. The topological polar surface area (TPSA) is 150 Å². The van der Waals surface area contributed by atoms with Gasteiger partial charge in [0.15, 0.2) is 0 Å². The Morgan fingerprint density at radius 2 is 1.57 bits per heavy atom. The highest BCUT2D eigenvalue weighted by atomic mass is 32.2. The minimum atomic E-state index is -5.08. The number of aliphatic carboxylic acids is 1. The highest BCUT2D eigenvalue weighted by molar-refractivity contribution is 7.89. The van der Waals surface area contributed by atoms with Crippen molar-refractivity contribution in [2.75, 3.05) is 20.7 Å². The number of methoxy groups -OCH3 is 1. The van der Waals surface area contributed by atoms with Crippen molar-refractivity contribution in [1.29, 1.82) is 0 Å². The van der Waals surface area contributed by atoms with Crippen molar-refractivity contribution < 1.29 is 50.6 Å². The first-order valence-corrected chi connectivity index (χ1v) is 14.1. The lowest BCUT2D eigenvalue weighted by Crippen LogP contribution is -2.58. The Labute approximate surface area is 240 Å². The summed E-state index contributed by atoms with van der Waals surface area (Å²) in [4.78, 5) is 50.3. The summed E-state index contributed by atoms with van der Waals surface area (Å²) in [6.45, 7) is 1.72. The molecular weight excluding hydrogens is 583 g/mol. The largest absolute Gasteiger partial charge is 0.490 e. The Kier molecular flexibility index (Phi) is 9.80. The fourth-order valence-electron chi connectivity index (χ4n) is 5.25. The van der Waals surface area contributed by atoms with Crippen LogP contribution >= 0.6 is 0 Å². The van der Waals surface area contributed by atoms with Gasteiger partial charge in [0.2, 0.25) is 21.8 Å². The van der Waals surface area contributed by atoms with E-state index in [9.17, 15) is 36.0 Å². The van der Waals surface area contributed by atoms with Crippen LogP contribution in [0.4, 0.5) is 13.2 Å². The number of fused-ring (bicyclic) bond motifs is 1. The second kappa shape index (κ2) is 12.6. The number of nitrogens with zero attached hydrogens (tertiary/aromatic N) is 2. The fourth-order valence-corrected chi connectivity index (χ4v) is 6.47. The lowest BCUT2D eigenvalue weighted by Gasteiger charge is -2.32. The number of hydrogen-bond acceptors (Lipinski definition) is 8. The van der Waals surface area contributed by atoms with Crippen LogP contribution in [0.3, 0.4) is 0 Å². The minimum absolute atomic E-state index is 0.0807. The molecule has 2 saturated heterocycles. The second-order valence-electron chi connectivity index (χ2n) is 9.72. The van der Waals surface area contributed by atoms with E-state index in [0.717, 1.165) is 9.87 Å². The number of alkyl halides is 3. The number of nitrogens with one attached hydrogen (secondary N) is 1. The molecule has 2 N–H and O–H groups in total. The van der Waals surface area contributed by atoms with Crippen LogP contribution in [0, 0.1) is 11.8 Å². The number of hydrogen-bond donors (Lipinski definition) is 2. The van der Waals surface area contributed by atoms with Crippen molar-refractivity contribution >= 4 is 33.8 Å². The smallest absolute Gasteiger partial charge is 0.475 e. The summed E-state index contributed by atoms with van der Waals surface area (Å²) in [5.41, 5.74) is -0.651. The molecule has 4 atom stereocenters. The summed E-state index contributed by atoms with van der Waals surface area (Å²) in [6.07, 6.45) is -4.88. The third kappa shape index (κ3) is 6.32. The van der Waals surface area contributed by atoms with Gasteiger partial charge in [-0.3, -0.25) is 24.6 Å². The van der Waals surface area contributed by atoms with Crippen molar-refractivity contribution in [2.45, 2.75) is 42.5 Å². The van der Waals surface area contributed by atoms with Crippen LogP contribution in [0.15, 0.2) is 65.6 Å². The lowest BCUT2D eigenvalue weighted by atomic mass is 9.78. The van der Waals surface area contributed by atoms with Crippen LogP contribution < -0.4 is 5.32 Å². The molecule has 0 radical (unpaired) electrons. The maximum absolute atomic E-state index is 13.6. The number of carbonyl (C=O) groups is 4. The maximum Gasteiger partial charge on any atom is 0.490 e. The van der Waals surface area contributed by atoms with Gasteiger partial charge in [-0.05, 0) is 24.1 Å². The van der Waals surface area contributed by atoms with Crippen LogP contribution in [0.5, 0.6) is 0 Å². The van der Waals surface area contributed by atoms with Crippen molar-refractivity contribution in [1.82, 2.24) is 14.5 Å². The zero-order valence-corrected chi connectivity index (χ0v) is 23.7. The van der Waals surface area contributed by atoms with Crippen LogP contribution in [0.1, 0.15) is 18.9 Å². The molecule has 2 amide bonds. The number of halogens is 3. The SMILES string of the molecule is CC[C@@]1(C(=O)OC)N[C@H](CN(C)S(=O)(=O)c2ccccc2)[C@@H]2C(=O)N(Cc3ccccc3)C(=O)[C@@H]21.O=C(O)C(F)(F)F. The Bertz CT molecular complexity index is 1420. The zero-order valence-electron chi connectivity index (χ0n) is 22.9. The number of esters is 1. The van der Waals surface area contributed by atoms with E-state index in [-0.39, 0.29) is 24.4 Å². The van der Waals surface area contributed by atoms with Crippen LogP contribution in [-0.2, 0) is 40.5 Å². The van der Waals surface area contributed by atoms with Crippen molar-refractivity contribution in [2.24, 2.45) is 11.8 Å². The molecule has 11 nitrogen and oxygen atoms in total. The average Bonchev–Trinajstić information content (AvgIpc) is 3.42. The van der Waals surface area contributed by atoms with Gasteiger partial charge in [0, 0.05) is 19.6 Å². The number of carboxylic acids is 1. The number of ether oxygens (including phenoxy) is 1. The van der Waals surface area contributed by atoms with Crippen molar-refractivity contribution in [3.05, 3.63) is 66.2 Å². The highest BCUT2D eigenvalue weighted by Gasteiger charge is 2.68. The Morgan fingerprint density at radius 1 is 1.05 bits per heavy atom. The van der Waals surface area contributed by atoms with Gasteiger partial charge in [0.25, 0.3) is 0 Å². The third-order valence-corrected chi connectivity index (χ3v) is 9.13. The molecule has 2 aliphatic heterocycles. The monoisotopic (exact) mass is 613 g/mol. The van der Waals surface area contributed by atoms with E-state index in [4.69, 9.17) is 14.6 Å². The van der Waals surface area contributed by atoms with Crippen LogP contribution in [0.25, 0.3) is 0 Å². The Morgan fingerprint density at radius 3 is 2.05 bits per heavy atom. The van der Waals surface area contributed by atoms with Crippen LogP contribution in [0.2, 0.25) is 0 Å². The Balaban J connectivity index is 0.000000616. The van der Waals surface area contributed by atoms with Gasteiger partial charge in [-0.25, -0.2) is 13.2 Å². The number of likely N-dealkylation sites (tertiary alicyclic amines) is 1. The molecule has 15 heteroatoms. The number of likely N-dealkylation sites (N-methyl/N-ethyl adjacent to an activating group) is 1. The van der Waals surface area contributed by atoms with Gasteiger partial charge in [-0.1, -0.05) is 55.5 Å². The first-order chi connectivity index (χ1) is 19.6. The van der Waals surface area contributed by atoms with Crippen LogP contribution in [-0.4, -0.2) is 84.9 Å². The van der Waals surface area contributed by atoms with E-state index in [2.05, 4.69) is 5.32 Å². The molecule has 4 rings (SSSR count). The summed E-state index contributed by atoms with van der Waals surface area (Å²) < 4.78 is 64.2. The zero-order chi connectivity index (χ0) is 31.5. The molecule has 0 spiro atoms. The van der Waals surface area contributed by atoms with E-state index in [0.29, 0.717) is 0 Å². The predicted octanol–water partition coefficient (Wildman–Crippen LogP) is 2.04. The molecular formula is C27H30F3N3O8S. The van der Waals surface area contributed by atoms with Crippen molar-refractivity contribution in [3.8, 4) is 0 Å². The number of imide groups is 1. The van der Waals surface area contributed by atoms with Gasteiger partial charge in [-0.2, -0.15) is 17.5 Å². The normalized spacial score (nSPS) is 23.8. The summed E-state index contributed by atoms with van der Waals surface area (Å²) >= 11 is 0. The van der Waals surface area contributed by atoms with E-state index in [1.807, 2.05) is 30.3 Å². The molecule has 2 heterocycles. The number of rotatable bonds is 8. The number of benzene rings is 2. The number of sulfonamides is 1. The van der Waals surface area contributed by atoms with Crippen molar-refractivity contribution in [3.63, 3.8) is 0 Å². The lowest BCUT2D eigenvalue weighted by molar-refractivity contribution is -0.192. The van der Waals surface area contributed by atoms with E-state index < -0.39 is 63.4 Å². The van der Waals surface area contributed by atoms with Gasteiger partial charge < -0.3 is 9.84 Å². The minimum Gasteiger partial charge on any atom is -0.475 e. The van der Waals surface area contributed by atoms with E-state index in [1.165, 1.54) is 31.2 Å². The molecule has 2 aromatic carbocycles. The second-order valence-corrected chi connectivity index (χ2v) is 11.8.